The number of carboxylic acids is 1. The van der Waals surface area contributed by atoms with Gasteiger partial charge in [-0.25, -0.2) is 9.78 Å². The summed E-state index contributed by atoms with van der Waals surface area (Å²) >= 11 is 0. The van der Waals surface area contributed by atoms with E-state index in [-0.39, 0.29) is 5.76 Å². The summed E-state index contributed by atoms with van der Waals surface area (Å²) in [6.45, 7) is 2.59. The number of hydrogen-bond donors (Lipinski definition) is 1. The third kappa shape index (κ3) is 1.69. The number of carbonyl (C=O) groups is 1. The van der Waals surface area contributed by atoms with Gasteiger partial charge >= 0.3 is 5.97 Å². The molecule has 2 rings (SSSR count). The molecule has 1 fully saturated rings. The van der Waals surface area contributed by atoms with Gasteiger partial charge in [-0.1, -0.05) is 0 Å². The third-order valence-corrected chi connectivity index (χ3v) is 1.99. The predicted octanol–water partition coefficient (Wildman–Crippen LogP) is 0.209. The van der Waals surface area contributed by atoms with Gasteiger partial charge < -0.3 is 19.2 Å². The summed E-state index contributed by atoms with van der Waals surface area (Å²) in [5.74, 6) is -1.23. The Bertz CT molecular complexity index is 330. The molecular weight excluding hydrogens is 188 g/mol. The molecule has 1 aromatic rings. The van der Waals surface area contributed by atoms with Crippen LogP contribution < -0.4 is 4.90 Å². The van der Waals surface area contributed by atoms with Gasteiger partial charge in [-0.15, -0.1) is 0 Å². The Labute approximate surface area is 80.1 Å². The van der Waals surface area contributed by atoms with E-state index in [2.05, 4.69) is 4.98 Å². The zero-order valence-electron chi connectivity index (χ0n) is 7.47. The molecule has 0 aromatic carbocycles. The Kier molecular flexibility index (Phi) is 2.36. The first-order valence-electron chi connectivity index (χ1n) is 4.29. The van der Waals surface area contributed by atoms with Crippen LogP contribution in [-0.4, -0.2) is 42.4 Å². The highest BCUT2D eigenvalue weighted by atomic mass is 16.5. The maximum absolute atomic E-state index is 10.5. The van der Waals surface area contributed by atoms with Crippen LogP contribution in [0.1, 0.15) is 10.6 Å². The molecule has 1 N–H and O–H groups in total. The van der Waals surface area contributed by atoms with Crippen molar-refractivity contribution in [1.29, 1.82) is 0 Å². The van der Waals surface area contributed by atoms with E-state index in [1.165, 1.54) is 6.20 Å². The Balaban J connectivity index is 2.11. The lowest BCUT2D eigenvalue weighted by atomic mass is 10.5. The van der Waals surface area contributed by atoms with Gasteiger partial charge in [-0.3, -0.25) is 0 Å². The number of carboxylic acid groups (broad SMARTS) is 1. The first kappa shape index (κ1) is 9.01. The van der Waals surface area contributed by atoms with Crippen LogP contribution >= 0.6 is 0 Å². The minimum absolute atomic E-state index is 0.133. The maximum atomic E-state index is 10.5. The topological polar surface area (TPSA) is 75.8 Å². The summed E-state index contributed by atoms with van der Waals surface area (Å²) < 4.78 is 10.2. The van der Waals surface area contributed by atoms with Crippen molar-refractivity contribution in [3.63, 3.8) is 0 Å². The molecule has 0 amide bonds. The fourth-order valence-corrected chi connectivity index (χ4v) is 1.26. The summed E-state index contributed by atoms with van der Waals surface area (Å²) in [6.07, 6.45) is 1.22. The molecule has 6 nitrogen and oxygen atoms in total. The van der Waals surface area contributed by atoms with Crippen molar-refractivity contribution in [2.24, 2.45) is 0 Å². The van der Waals surface area contributed by atoms with Crippen molar-refractivity contribution in [2.75, 3.05) is 31.2 Å². The monoisotopic (exact) mass is 198 g/mol. The average molecular weight is 198 g/mol. The number of aromatic nitrogens is 1. The molecule has 1 aromatic heterocycles. The fourth-order valence-electron chi connectivity index (χ4n) is 1.26. The summed E-state index contributed by atoms with van der Waals surface area (Å²) in [5.41, 5.74) is 0. The van der Waals surface area contributed by atoms with E-state index in [0.717, 1.165) is 0 Å². The number of oxazole rings is 1. The molecule has 0 aliphatic carbocycles. The molecule has 1 aliphatic heterocycles. The second-order valence-corrected chi connectivity index (χ2v) is 2.91. The van der Waals surface area contributed by atoms with Gasteiger partial charge in [0.1, 0.15) is 0 Å². The van der Waals surface area contributed by atoms with E-state index in [9.17, 15) is 4.79 Å². The van der Waals surface area contributed by atoms with Crippen LogP contribution in [0.15, 0.2) is 10.6 Å². The Morgan fingerprint density at radius 2 is 2.21 bits per heavy atom. The number of hydrogen-bond acceptors (Lipinski definition) is 5. The van der Waals surface area contributed by atoms with Crippen molar-refractivity contribution in [3.05, 3.63) is 12.0 Å². The second kappa shape index (κ2) is 3.67. The van der Waals surface area contributed by atoms with Gasteiger partial charge in [0.2, 0.25) is 5.76 Å². The molecule has 0 bridgehead atoms. The molecule has 14 heavy (non-hydrogen) atoms. The summed E-state index contributed by atoms with van der Waals surface area (Å²) in [7, 11) is 0. The smallest absolute Gasteiger partial charge is 0.373 e. The summed E-state index contributed by atoms with van der Waals surface area (Å²) in [5, 5.41) is 8.62. The van der Waals surface area contributed by atoms with E-state index < -0.39 is 5.97 Å². The Morgan fingerprint density at radius 1 is 1.50 bits per heavy atom. The minimum atomic E-state index is -1.10. The first-order chi connectivity index (χ1) is 6.77. The van der Waals surface area contributed by atoms with Gasteiger partial charge in [0.25, 0.3) is 6.01 Å². The van der Waals surface area contributed by atoms with Crippen LogP contribution in [0.3, 0.4) is 0 Å². The van der Waals surface area contributed by atoms with E-state index in [0.29, 0.717) is 32.3 Å². The largest absolute Gasteiger partial charge is 0.475 e. The van der Waals surface area contributed by atoms with Gasteiger partial charge in [0.05, 0.1) is 19.4 Å². The number of morpholine rings is 1. The number of ether oxygens (including phenoxy) is 1. The molecule has 76 valence electrons. The quantitative estimate of drug-likeness (QED) is 0.732. The van der Waals surface area contributed by atoms with Crippen molar-refractivity contribution < 1.29 is 19.1 Å². The maximum Gasteiger partial charge on any atom is 0.373 e. The zero-order chi connectivity index (χ0) is 9.97. The Morgan fingerprint density at radius 3 is 2.79 bits per heavy atom. The highest BCUT2D eigenvalue weighted by Crippen LogP contribution is 2.15. The molecule has 0 spiro atoms. The van der Waals surface area contributed by atoms with E-state index in [1.54, 1.807) is 0 Å². The van der Waals surface area contributed by atoms with Gasteiger partial charge in [-0.2, -0.15) is 0 Å². The van der Waals surface area contributed by atoms with Crippen LogP contribution in [-0.2, 0) is 4.74 Å². The summed E-state index contributed by atoms with van der Waals surface area (Å²) in [4.78, 5) is 16.3. The first-order valence-corrected chi connectivity index (χ1v) is 4.29. The van der Waals surface area contributed by atoms with E-state index in [4.69, 9.17) is 14.3 Å². The number of aromatic carboxylic acids is 1. The van der Waals surface area contributed by atoms with E-state index in [1.807, 2.05) is 4.90 Å². The number of nitrogens with zero attached hydrogens (tertiary/aromatic N) is 2. The predicted molar refractivity (Wildman–Crippen MR) is 46.5 cm³/mol. The lowest BCUT2D eigenvalue weighted by molar-refractivity contribution is 0.0662. The van der Waals surface area contributed by atoms with Crippen LogP contribution in [0, 0.1) is 0 Å². The highest BCUT2D eigenvalue weighted by Gasteiger charge is 2.18. The number of anilines is 1. The highest BCUT2D eigenvalue weighted by molar-refractivity contribution is 5.84. The minimum Gasteiger partial charge on any atom is -0.475 e. The summed E-state index contributed by atoms with van der Waals surface area (Å²) in [6, 6.07) is 0.353. The lowest BCUT2D eigenvalue weighted by Gasteiger charge is -2.24. The molecule has 1 aliphatic rings. The normalized spacial score (nSPS) is 17.0. The van der Waals surface area contributed by atoms with Crippen molar-refractivity contribution in [1.82, 2.24) is 4.98 Å². The molecule has 0 unspecified atom stereocenters. The van der Waals surface area contributed by atoms with E-state index >= 15 is 0 Å². The molecule has 0 saturated carbocycles. The van der Waals surface area contributed by atoms with Gasteiger partial charge in [-0.05, 0) is 0 Å². The third-order valence-electron chi connectivity index (χ3n) is 1.99. The molecule has 0 atom stereocenters. The zero-order valence-corrected chi connectivity index (χ0v) is 7.47. The van der Waals surface area contributed by atoms with Crippen molar-refractivity contribution in [2.45, 2.75) is 0 Å². The molecule has 1 saturated heterocycles. The molecular formula is C8H10N2O4. The van der Waals surface area contributed by atoms with Crippen molar-refractivity contribution >= 4 is 12.0 Å². The van der Waals surface area contributed by atoms with Crippen LogP contribution in [0.5, 0.6) is 0 Å². The average Bonchev–Trinajstić information content (AvgIpc) is 2.68. The van der Waals surface area contributed by atoms with Crippen LogP contribution in [0.25, 0.3) is 0 Å². The lowest BCUT2D eigenvalue weighted by Crippen LogP contribution is -2.36. The standard InChI is InChI=1S/C8H10N2O4/c11-7(12)6-5-9-8(14-6)10-1-3-13-4-2-10/h5H,1-4H2,(H,11,12). The van der Waals surface area contributed by atoms with Gasteiger partial charge in [0.15, 0.2) is 0 Å². The fraction of sp³-hybridized carbons (Fsp3) is 0.500. The van der Waals surface area contributed by atoms with Gasteiger partial charge in [0, 0.05) is 13.1 Å². The second-order valence-electron chi connectivity index (χ2n) is 2.91. The molecule has 0 radical (unpaired) electrons. The van der Waals surface area contributed by atoms with Crippen molar-refractivity contribution in [3.8, 4) is 0 Å². The molecule has 6 heteroatoms. The van der Waals surface area contributed by atoms with Crippen LogP contribution in [0.4, 0.5) is 6.01 Å². The molecule has 2 heterocycles. The number of rotatable bonds is 2. The SMILES string of the molecule is O=C(O)c1cnc(N2CCOCC2)o1. The van der Waals surface area contributed by atoms with Crippen LogP contribution in [0.2, 0.25) is 0 Å². The Hall–Kier alpha value is -1.56.